The predicted molar refractivity (Wildman–Crippen MR) is 73.8 cm³/mol. The summed E-state index contributed by atoms with van der Waals surface area (Å²) in [6, 6.07) is 13.4. The molecule has 1 aromatic carbocycles. The van der Waals surface area contributed by atoms with Crippen LogP contribution in [-0.4, -0.2) is 12.1 Å². The average molecular weight is 253 g/mol. The van der Waals surface area contributed by atoms with Crippen molar-refractivity contribution >= 4 is 5.69 Å². The fourth-order valence-electron chi connectivity index (χ4n) is 1.81. The first-order chi connectivity index (χ1) is 9.18. The Bertz CT molecular complexity index is 575. The van der Waals surface area contributed by atoms with Gasteiger partial charge in [0, 0.05) is 18.1 Å². The van der Waals surface area contributed by atoms with Crippen LogP contribution in [0.5, 0.6) is 5.75 Å². The fraction of sp³-hybridized carbons (Fsp3) is 0.200. The van der Waals surface area contributed by atoms with Gasteiger partial charge in [0.1, 0.15) is 11.3 Å². The van der Waals surface area contributed by atoms with E-state index in [0.29, 0.717) is 0 Å². The third-order valence-corrected chi connectivity index (χ3v) is 2.97. The molecule has 1 aromatic heterocycles. The second-order valence-corrected chi connectivity index (χ2v) is 4.33. The minimum absolute atomic E-state index is 0.785. The van der Waals surface area contributed by atoms with Crippen molar-refractivity contribution in [2.45, 2.75) is 12.5 Å². The summed E-state index contributed by atoms with van der Waals surface area (Å²) in [4.78, 5) is 3.97. The van der Waals surface area contributed by atoms with Gasteiger partial charge in [-0.2, -0.15) is 5.26 Å². The van der Waals surface area contributed by atoms with E-state index in [9.17, 15) is 5.26 Å². The standard InChI is InChI=1S/C15H15N3O/c1-15(11-16,12-7-9-17-10-8-12)18-13-3-5-14(19-2)6-4-13/h3-10,18H,1-2H3. The average Bonchev–Trinajstić information content (AvgIpc) is 2.49. The summed E-state index contributed by atoms with van der Waals surface area (Å²) >= 11 is 0. The quantitative estimate of drug-likeness (QED) is 0.910. The van der Waals surface area contributed by atoms with Crippen LogP contribution in [0.15, 0.2) is 48.8 Å². The van der Waals surface area contributed by atoms with E-state index in [-0.39, 0.29) is 0 Å². The highest BCUT2D eigenvalue weighted by atomic mass is 16.5. The van der Waals surface area contributed by atoms with E-state index in [1.807, 2.05) is 43.3 Å². The van der Waals surface area contributed by atoms with Crippen LogP contribution in [0.1, 0.15) is 12.5 Å². The summed E-state index contributed by atoms with van der Waals surface area (Å²) in [7, 11) is 1.62. The zero-order valence-electron chi connectivity index (χ0n) is 10.9. The normalized spacial score (nSPS) is 13.1. The molecule has 0 fully saturated rings. The van der Waals surface area contributed by atoms with Crippen LogP contribution in [0.3, 0.4) is 0 Å². The first-order valence-corrected chi connectivity index (χ1v) is 5.92. The molecule has 1 heterocycles. The predicted octanol–water partition coefficient (Wildman–Crippen LogP) is 2.94. The van der Waals surface area contributed by atoms with E-state index >= 15 is 0 Å². The van der Waals surface area contributed by atoms with E-state index in [0.717, 1.165) is 17.0 Å². The van der Waals surface area contributed by atoms with Gasteiger partial charge in [0.05, 0.1) is 13.2 Å². The molecule has 0 bridgehead atoms. The lowest BCUT2D eigenvalue weighted by molar-refractivity contribution is 0.415. The van der Waals surface area contributed by atoms with Crippen molar-refractivity contribution < 1.29 is 4.74 Å². The second-order valence-electron chi connectivity index (χ2n) is 4.33. The number of hydrogen-bond donors (Lipinski definition) is 1. The third-order valence-electron chi connectivity index (χ3n) is 2.97. The number of ether oxygens (including phenoxy) is 1. The smallest absolute Gasteiger partial charge is 0.148 e. The lowest BCUT2D eigenvalue weighted by atomic mass is 9.94. The van der Waals surface area contributed by atoms with E-state index in [2.05, 4.69) is 16.4 Å². The van der Waals surface area contributed by atoms with E-state index < -0.39 is 5.54 Å². The molecule has 2 aromatic rings. The van der Waals surface area contributed by atoms with E-state index in [1.54, 1.807) is 19.5 Å². The number of pyridine rings is 1. The maximum Gasteiger partial charge on any atom is 0.148 e. The molecule has 0 aliphatic rings. The summed E-state index contributed by atoms with van der Waals surface area (Å²) < 4.78 is 5.11. The fourth-order valence-corrected chi connectivity index (χ4v) is 1.81. The van der Waals surface area contributed by atoms with Crippen molar-refractivity contribution in [1.29, 1.82) is 5.26 Å². The lowest BCUT2D eigenvalue weighted by Gasteiger charge is -2.25. The molecule has 0 saturated carbocycles. The molecule has 4 heteroatoms. The lowest BCUT2D eigenvalue weighted by Crippen LogP contribution is -2.29. The van der Waals surface area contributed by atoms with Crippen molar-refractivity contribution in [1.82, 2.24) is 4.98 Å². The summed E-state index contributed by atoms with van der Waals surface area (Å²) in [5, 5.41) is 12.7. The molecule has 0 saturated heterocycles. The highest BCUT2D eigenvalue weighted by molar-refractivity contribution is 5.52. The monoisotopic (exact) mass is 253 g/mol. The van der Waals surface area contributed by atoms with Gasteiger partial charge >= 0.3 is 0 Å². The number of benzene rings is 1. The van der Waals surface area contributed by atoms with Crippen LogP contribution in [0.25, 0.3) is 0 Å². The highest BCUT2D eigenvalue weighted by Crippen LogP contribution is 2.26. The molecule has 0 radical (unpaired) electrons. The molecule has 0 spiro atoms. The van der Waals surface area contributed by atoms with Crippen molar-refractivity contribution in [3.63, 3.8) is 0 Å². The van der Waals surface area contributed by atoms with Gasteiger partial charge in [-0.15, -0.1) is 0 Å². The molecule has 0 aliphatic carbocycles. The molecule has 1 unspecified atom stereocenters. The SMILES string of the molecule is COc1ccc(NC(C)(C#N)c2ccncc2)cc1. The van der Waals surface area contributed by atoms with Gasteiger partial charge in [0.2, 0.25) is 0 Å². The molecule has 0 aliphatic heterocycles. The van der Waals surface area contributed by atoms with Crippen molar-refractivity contribution in [2.24, 2.45) is 0 Å². The van der Waals surface area contributed by atoms with Gasteiger partial charge in [-0.3, -0.25) is 4.98 Å². The molecule has 4 nitrogen and oxygen atoms in total. The molecule has 96 valence electrons. The van der Waals surface area contributed by atoms with Crippen molar-refractivity contribution in [3.05, 3.63) is 54.4 Å². The van der Waals surface area contributed by atoms with Crippen molar-refractivity contribution in [3.8, 4) is 11.8 Å². The first kappa shape index (κ1) is 12.9. The Balaban J connectivity index is 2.26. The third kappa shape index (κ3) is 2.83. The maximum atomic E-state index is 9.44. The van der Waals surface area contributed by atoms with Gasteiger partial charge in [0.15, 0.2) is 0 Å². The number of anilines is 1. The number of rotatable bonds is 4. The molecule has 19 heavy (non-hydrogen) atoms. The van der Waals surface area contributed by atoms with Crippen LogP contribution >= 0.6 is 0 Å². The molecule has 2 rings (SSSR count). The topological polar surface area (TPSA) is 57.9 Å². The van der Waals surface area contributed by atoms with Gasteiger partial charge < -0.3 is 10.1 Å². The Hall–Kier alpha value is -2.54. The summed E-state index contributed by atoms with van der Waals surface area (Å²) in [5.74, 6) is 0.785. The minimum atomic E-state index is -0.794. The number of methoxy groups -OCH3 is 1. The molecule has 1 N–H and O–H groups in total. The summed E-state index contributed by atoms with van der Waals surface area (Å²) in [5.41, 5.74) is 0.944. The van der Waals surface area contributed by atoms with Crippen LogP contribution < -0.4 is 10.1 Å². The van der Waals surface area contributed by atoms with E-state index in [1.165, 1.54) is 0 Å². The van der Waals surface area contributed by atoms with Crippen molar-refractivity contribution in [2.75, 3.05) is 12.4 Å². The van der Waals surface area contributed by atoms with E-state index in [4.69, 9.17) is 4.74 Å². The molecule has 1 atom stereocenters. The Morgan fingerprint density at radius 1 is 1.16 bits per heavy atom. The zero-order chi connectivity index (χ0) is 13.7. The molecule has 0 amide bonds. The number of nitrogens with one attached hydrogen (secondary N) is 1. The first-order valence-electron chi connectivity index (χ1n) is 5.92. The van der Waals surface area contributed by atoms with Crippen LogP contribution in [-0.2, 0) is 5.54 Å². The Morgan fingerprint density at radius 2 is 1.79 bits per heavy atom. The van der Waals surface area contributed by atoms with Gasteiger partial charge in [-0.05, 0) is 48.9 Å². The number of aromatic nitrogens is 1. The number of nitrogens with zero attached hydrogens (tertiary/aromatic N) is 2. The van der Waals surface area contributed by atoms with Gasteiger partial charge in [0.25, 0.3) is 0 Å². The largest absolute Gasteiger partial charge is 0.497 e. The van der Waals surface area contributed by atoms with Crippen LogP contribution in [0.2, 0.25) is 0 Å². The molecular formula is C15H15N3O. The zero-order valence-corrected chi connectivity index (χ0v) is 10.9. The summed E-state index contributed by atoms with van der Waals surface area (Å²) in [6.45, 7) is 1.84. The second kappa shape index (κ2) is 5.40. The van der Waals surface area contributed by atoms with Gasteiger partial charge in [-0.1, -0.05) is 0 Å². The number of hydrogen-bond acceptors (Lipinski definition) is 4. The minimum Gasteiger partial charge on any atom is -0.497 e. The molecular weight excluding hydrogens is 238 g/mol. The Morgan fingerprint density at radius 3 is 2.32 bits per heavy atom. The summed E-state index contributed by atoms with van der Waals surface area (Å²) in [6.07, 6.45) is 3.36. The van der Waals surface area contributed by atoms with Crippen LogP contribution in [0.4, 0.5) is 5.69 Å². The highest BCUT2D eigenvalue weighted by Gasteiger charge is 2.25. The number of nitriles is 1. The Kier molecular flexibility index (Phi) is 3.67. The Labute approximate surface area is 112 Å². The van der Waals surface area contributed by atoms with Crippen LogP contribution in [0, 0.1) is 11.3 Å². The van der Waals surface area contributed by atoms with Gasteiger partial charge in [-0.25, -0.2) is 0 Å². The maximum absolute atomic E-state index is 9.44.